The molecule has 1 aromatic rings. The van der Waals surface area contributed by atoms with Crippen molar-refractivity contribution in [1.82, 2.24) is 9.13 Å². The van der Waals surface area contributed by atoms with Crippen molar-refractivity contribution in [2.75, 3.05) is 47.5 Å². The van der Waals surface area contributed by atoms with Crippen LogP contribution in [0.1, 0.15) is 27.7 Å². The Labute approximate surface area is 162 Å². The molecule has 0 N–H and O–H groups in total. The van der Waals surface area contributed by atoms with Gasteiger partial charge in [0.25, 0.3) is 8.40 Å². The summed E-state index contributed by atoms with van der Waals surface area (Å²) in [6, 6.07) is 10.8. The van der Waals surface area contributed by atoms with E-state index in [9.17, 15) is 0 Å². The Balaban J connectivity index is 3.66. The minimum atomic E-state index is -2.80. The van der Waals surface area contributed by atoms with E-state index in [0.717, 1.165) is 26.2 Å². The largest absolute Gasteiger partial charge is 0.528 e. The van der Waals surface area contributed by atoms with Gasteiger partial charge in [0.05, 0.1) is 0 Å². The molecule has 1 rings (SSSR count). The summed E-state index contributed by atoms with van der Waals surface area (Å²) in [6.07, 6.45) is 0. The summed E-state index contributed by atoms with van der Waals surface area (Å²) in [5, 5.41) is 1.37. The predicted octanol–water partition coefficient (Wildman–Crippen LogP) is 2.53. The SMILES string of the molecule is CCN(CC)[Si](/C=C/[Si](OC)(OC)OC)(c1ccccc1)N(CC)CC. The quantitative estimate of drug-likeness (QED) is 0.507. The summed E-state index contributed by atoms with van der Waals surface area (Å²) in [4.78, 5) is 0. The van der Waals surface area contributed by atoms with Crippen molar-refractivity contribution in [1.29, 1.82) is 0 Å². The third-order valence-electron chi connectivity index (χ3n) is 5.06. The van der Waals surface area contributed by atoms with Gasteiger partial charge in [-0.1, -0.05) is 63.7 Å². The molecular weight excluding hydrogens is 360 g/mol. The summed E-state index contributed by atoms with van der Waals surface area (Å²) in [7, 11) is -0.140. The van der Waals surface area contributed by atoms with E-state index in [0.29, 0.717) is 0 Å². The molecule has 0 heterocycles. The van der Waals surface area contributed by atoms with E-state index in [2.05, 4.69) is 78.6 Å². The Hall–Kier alpha value is -0.806. The van der Waals surface area contributed by atoms with Crippen molar-refractivity contribution in [3.8, 4) is 0 Å². The van der Waals surface area contributed by atoms with Gasteiger partial charge >= 0.3 is 8.80 Å². The van der Waals surface area contributed by atoms with Gasteiger partial charge in [-0.25, -0.2) is 0 Å². The lowest BCUT2D eigenvalue weighted by Crippen LogP contribution is -2.72. The monoisotopic (exact) mass is 396 g/mol. The topological polar surface area (TPSA) is 34.2 Å². The number of rotatable bonds is 12. The van der Waals surface area contributed by atoms with Gasteiger partial charge in [-0.3, -0.25) is 0 Å². The molecule has 0 aliphatic rings. The molecule has 148 valence electrons. The maximum atomic E-state index is 5.65. The van der Waals surface area contributed by atoms with Gasteiger partial charge in [-0.15, -0.1) is 0 Å². The normalized spacial score (nSPS) is 13.3. The van der Waals surface area contributed by atoms with Crippen LogP contribution in [0.4, 0.5) is 0 Å². The molecular formula is C19H36N2O3Si2. The van der Waals surface area contributed by atoms with Crippen LogP contribution in [0.25, 0.3) is 0 Å². The molecule has 5 nitrogen and oxygen atoms in total. The van der Waals surface area contributed by atoms with Crippen molar-refractivity contribution in [3.63, 3.8) is 0 Å². The van der Waals surface area contributed by atoms with Crippen LogP contribution in [-0.4, -0.2) is 73.8 Å². The summed E-state index contributed by atoms with van der Waals surface area (Å²) in [5.41, 5.74) is 4.42. The van der Waals surface area contributed by atoms with Crippen LogP contribution in [0.15, 0.2) is 41.7 Å². The van der Waals surface area contributed by atoms with Gasteiger partial charge in [-0.05, 0) is 37.1 Å². The highest BCUT2D eigenvalue weighted by atomic mass is 28.4. The second kappa shape index (κ2) is 11.1. The van der Waals surface area contributed by atoms with Crippen LogP contribution >= 0.6 is 0 Å². The second-order valence-corrected chi connectivity index (χ2v) is 12.4. The third-order valence-corrected chi connectivity index (χ3v) is 12.7. The molecule has 0 bridgehead atoms. The summed E-state index contributed by atoms with van der Waals surface area (Å²) < 4.78 is 22.2. The van der Waals surface area contributed by atoms with Crippen LogP contribution < -0.4 is 5.19 Å². The lowest BCUT2D eigenvalue weighted by Gasteiger charge is -2.46. The van der Waals surface area contributed by atoms with E-state index in [1.807, 2.05) is 0 Å². The van der Waals surface area contributed by atoms with Crippen molar-refractivity contribution in [2.45, 2.75) is 27.7 Å². The molecule has 1 aromatic carbocycles. The number of nitrogens with zero attached hydrogens (tertiary/aromatic N) is 2. The zero-order valence-electron chi connectivity index (χ0n) is 17.5. The zero-order valence-corrected chi connectivity index (χ0v) is 19.5. The highest BCUT2D eigenvalue weighted by Gasteiger charge is 2.45. The molecule has 0 aliphatic carbocycles. The zero-order chi connectivity index (χ0) is 19.6. The molecule has 0 saturated heterocycles. The van der Waals surface area contributed by atoms with Crippen molar-refractivity contribution in [2.24, 2.45) is 0 Å². The number of benzene rings is 1. The molecule has 0 spiro atoms. The average Bonchev–Trinajstić information content (AvgIpc) is 2.71. The van der Waals surface area contributed by atoms with Crippen molar-refractivity contribution in [3.05, 3.63) is 41.7 Å². The van der Waals surface area contributed by atoms with E-state index in [-0.39, 0.29) is 0 Å². The molecule has 0 unspecified atom stereocenters. The van der Waals surface area contributed by atoms with E-state index in [4.69, 9.17) is 13.3 Å². The molecule has 26 heavy (non-hydrogen) atoms. The van der Waals surface area contributed by atoms with E-state index >= 15 is 0 Å². The number of hydrogen-bond donors (Lipinski definition) is 0. The van der Waals surface area contributed by atoms with Gasteiger partial charge in [0.15, 0.2) is 0 Å². The Bertz CT molecular complexity index is 511. The van der Waals surface area contributed by atoms with Crippen LogP contribution in [0.3, 0.4) is 0 Å². The van der Waals surface area contributed by atoms with Gasteiger partial charge < -0.3 is 22.4 Å². The summed E-state index contributed by atoms with van der Waals surface area (Å²) >= 11 is 0. The first-order valence-corrected chi connectivity index (χ1v) is 13.2. The molecule has 0 aliphatic heterocycles. The predicted molar refractivity (Wildman–Crippen MR) is 114 cm³/mol. The van der Waals surface area contributed by atoms with Crippen molar-refractivity contribution < 1.29 is 13.3 Å². The average molecular weight is 397 g/mol. The van der Waals surface area contributed by atoms with E-state index in [1.54, 1.807) is 21.3 Å². The molecule has 0 radical (unpaired) electrons. The fraction of sp³-hybridized carbons (Fsp3) is 0.579. The van der Waals surface area contributed by atoms with Crippen LogP contribution in [0, 0.1) is 0 Å². The molecule has 7 heteroatoms. The van der Waals surface area contributed by atoms with E-state index in [1.165, 1.54) is 5.19 Å². The fourth-order valence-corrected chi connectivity index (χ4v) is 10.6. The van der Waals surface area contributed by atoms with Gasteiger partial charge in [-0.2, -0.15) is 0 Å². The van der Waals surface area contributed by atoms with E-state index < -0.39 is 17.2 Å². The third kappa shape index (κ3) is 4.72. The Kier molecular flexibility index (Phi) is 9.95. The molecule has 0 saturated carbocycles. The molecule has 0 atom stereocenters. The highest BCUT2D eigenvalue weighted by Crippen LogP contribution is 2.20. The molecule has 0 fully saturated rings. The molecule has 0 aromatic heterocycles. The first-order valence-electron chi connectivity index (χ1n) is 9.45. The lowest BCUT2D eigenvalue weighted by molar-refractivity contribution is 0.138. The maximum Gasteiger partial charge on any atom is 0.528 e. The van der Waals surface area contributed by atoms with Crippen LogP contribution in [-0.2, 0) is 13.3 Å². The fourth-order valence-electron chi connectivity index (χ4n) is 3.64. The Morgan fingerprint density at radius 1 is 0.731 bits per heavy atom. The van der Waals surface area contributed by atoms with Crippen LogP contribution in [0.5, 0.6) is 0 Å². The van der Waals surface area contributed by atoms with Gasteiger partial charge in [0, 0.05) is 21.3 Å². The Morgan fingerprint density at radius 3 is 1.50 bits per heavy atom. The summed E-state index contributed by atoms with van der Waals surface area (Å²) in [5.74, 6) is 0. The minimum absolute atomic E-state index is 0.986. The smallest absolute Gasteiger partial charge is 0.374 e. The first-order chi connectivity index (χ1) is 12.5. The number of hydrogen-bond acceptors (Lipinski definition) is 5. The maximum absolute atomic E-state index is 5.65. The lowest BCUT2D eigenvalue weighted by atomic mass is 10.4. The van der Waals surface area contributed by atoms with Gasteiger partial charge in [0.1, 0.15) is 0 Å². The Morgan fingerprint density at radius 2 is 1.15 bits per heavy atom. The molecule has 0 amide bonds. The second-order valence-electron chi connectivity index (χ2n) is 5.99. The highest BCUT2D eigenvalue weighted by molar-refractivity contribution is 6.92. The van der Waals surface area contributed by atoms with Crippen molar-refractivity contribution >= 4 is 22.4 Å². The first kappa shape index (κ1) is 23.2. The van der Waals surface area contributed by atoms with Crippen LogP contribution in [0.2, 0.25) is 0 Å². The van der Waals surface area contributed by atoms with Gasteiger partial charge in [0.2, 0.25) is 0 Å². The minimum Gasteiger partial charge on any atom is -0.374 e. The standard InChI is InChI=1S/C19H36N2O3Si2/c1-8-20(9-2)25(21(10-3)11-4,19-15-13-12-14-16-19)17-18-26(22-5,23-6)24-7/h12-18H,8-11H2,1-7H3/b18-17+. The summed E-state index contributed by atoms with van der Waals surface area (Å²) in [6.45, 7) is 12.9.